The summed E-state index contributed by atoms with van der Waals surface area (Å²) >= 11 is 0. The summed E-state index contributed by atoms with van der Waals surface area (Å²) in [5.74, 6) is -0.0240. The summed E-state index contributed by atoms with van der Waals surface area (Å²) in [6.45, 7) is 4.46. The third-order valence-corrected chi connectivity index (χ3v) is 3.74. The van der Waals surface area contributed by atoms with Gasteiger partial charge in [0.2, 0.25) is 0 Å². The molecule has 0 spiro atoms. The third kappa shape index (κ3) is 16.9. The third-order valence-electron chi connectivity index (χ3n) is 3.74. The van der Waals surface area contributed by atoms with Crippen LogP contribution in [0.2, 0.25) is 0 Å². The first kappa shape index (κ1) is 19.9. The number of hydrogen-bond donors (Lipinski definition) is 1. The van der Waals surface area contributed by atoms with Gasteiger partial charge in [-0.25, -0.2) is 0 Å². The Morgan fingerprint density at radius 1 is 0.952 bits per heavy atom. The fourth-order valence-corrected chi connectivity index (χ4v) is 2.35. The van der Waals surface area contributed by atoms with Crippen molar-refractivity contribution in [2.45, 2.75) is 84.5 Å². The molecule has 2 heteroatoms. The molecule has 0 aromatic heterocycles. The van der Waals surface area contributed by atoms with Crippen molar-refractivity contribution in [3.63, 3.8) is 0 Å². The topological polar surface area (TPSA) is 37.3 Å². The van der Waals surface area contributed by atoms with Crippen LogP contribution < -0.4 is 0 Å². The van der Waals surface area contributed by atoms with Crippen LogP contribution in [0, 0.1) is 5.92 Å². The zero-order chi connectivity index (χ0) is 15.8. The van der Waals surface area contributed by atoms with Gasteiger partial charge in [-0.1, -0.05) is 63.8 Å². The Balaban J connectivity index is 3.36. The lowest BCUT2D eigenvalue weighted by atomic mass is 9.98. The molecule has 0 radical (unpaired) electrons. The largest absolute Gasteiger partial charge is 0.481 e. The molecular weight excluding hydrogens is 260 g/mol. The number of hydrogen-bond acceptors (Lipinski definition) is 1. The normalized spacial score (nSPS) is 13.2. The molecule has 1 N–H and O–H groups in total. The van der Waals surface area contributed by atoms with Crippen molar-refractivity contribution >= 4 is 5.97 Å². The summed E-state index contributed by atoms with van der Waals surface area (Å²) in [5.41, 5.74) is 0. The highest BCUT2D eigenvalue weighted by Gasteiger charge is 2.03. The van der Waals surface area contributed by atoms with Crippen LogP contribution in [0.4, 0.5) is 0 Å². The zero-order valence-electron chi connectivity index (χ0n) is 14.0. The lowest BCUT2D eigenvalue weighted by Gasteiger charge is -2.08. The monoisotopic (exact) mass is 294 g/mol. The van der Waals surface area contributed by atoms with Gasteiger partial charge in [0.25, 0.3) is 0 Å². The second kappa shape index (κ2) is 15.3. The molecule has 0 rings (SSSR count). The van der Waals surface area contributed by atoms with Gasteiger partial charge in [-0.2, -0.15) is 0 Å². The molecular formula is C19H34O2. The summed E-state index contributed by atoms with van der Waals surface area (Å²) in [5, 5.41) is 8.59. The number of allylic oxidation sites excluding steroid dienone is 4. The van der Waals surface area contributed by atoms with E-state index in [9.17, 15) is 4.79 Å². The Labute approximate surface area is 131 Å². The maximum Gasteiger partial charge on any atom is 0.303 e. The first-order valence-electron chi connectivity index (χ1n) is 8.68. The second-order valence-electron chi connectivity index (χ2n) is 6.00. The molecule has 1 unspecified atom stereocenters. The van der Waals surface area contributed by atoms with Crippen molar-refractivity contribution in [3.05, 3.63) is 24.3 Å². The van der Waals surface area contributed by atoms with Gasteiger partial charge in [0.05, 0.1) is 0 Å². The maximum absolute atomic E-state index is 10.4. The molecule has 0 aromatic carbocycles. The van der Waals surface area contributed by atoms with Gasteiger partial charge in [0, 0.05) is 6.42 Å². The van der Waals surface area contributed by atoms with Crippen LogP contribution in [0.1, 0.15) is 84.5 Å². The van der Waals surface area contributed by atoms with Crippen LogP contribution in [0.5, 0.6) is 0 Å². The predicted octanol–water partition coefficient (Wildman–Crippen LogP) is 6.13. The first-order valence-corrected chi connectivity index (χ1v) is 8.68. The van der Waals surface area contributed by atoms with Crippen LogP contribution >= 0.6 is 0 Å². The van der Waals surface area contributed by atoms with Gasteiger partial charge in [-0.15, -0.1) is 0 Å². The molecule has 0 aliphatic carbocycles. The Kier molecular flexibility index (Phi) is 14.6. The molecule has 122 valence electrons. The number of carbonyl (C=O) groups is 1. The maximum atomic E-state index is 10.4. The van der Waals surface area contributed by atoms with E-state index in [1.807, 2.05) is 0 Å². The van der Waals surface area contributed by atoms with Crippen molar-refractivity contribution in [2.75, 3.05) is 0 Å². The molecule has 1 atom stereocenters. The number of aliphatic carboxylic acids is 1. The SMILES string of the molecule is CCCCC/C=C\C/C=C\CCCC(C)CCCC(=O)O. The number of carboxylic acids is 1. The molecule has 0 saturated carbocycles. The van der Waals surface area contributed by atoms with E-state index in [1.54, 1.807) is 0 Å². The Morgan fingerprint density at radius 2 is 1.57 bits per heavy atom. The lowest BCUT2D eigenvalue weighted by Crippen LogP contribution is -1.99. The molecule has 0 amide bonds. The minimum Gasteiger partial charge on any atom is -0.481 e. The molecule has 0 saturated heterocycles. The van der Waals surface area contributed by atoms with E-state index < -0.39 is 5.97 Å². The highest BCUT2D eigenvalue weighted by molar-refractivity contribution is 5.66. The highest BCUT2D eigenvalue weighted by Crippen LogP contribution is 2.15. The average Bonchev–Trinajstić information content (AvgIpc) is 2.44. The van der Waals surface area contributed by atoms with E-state index in [2.05, 4.69) is 38.2 Å². The predicted molar refractivity (Wildman–Crippen MR) is 91.5 cm³/mol. The van der Waals surface area contributed by atoms with E-state index >= 15 is 0 Å². The quantitative estimate of drug-likeness (QED) is 0.309. The molecule has 0 heterocycles. The Bertz CT molecular complexity index is 292. The van der Waals surface area contributed by atoms with Crippen LogP contribution in [-0.2, 0) is 4.79 Å². The fourth-order valence-electron chi connectivity index (χ4n) is 2.35. The Morgan fingerprint density at radius 3 is 2.19 bits per heavy atom. The standard InChI is InChI=1S/C19H34O2/c1-3-4-5-6-7-8-9-10-11-12-13-15-18(2)16-14-17-19(20)21/h7-8,10-11,18H,3-6,9,12-17H2,1-2H3,(H,20,21)/b8-7-,11-10-. The summed E-state index contributed by atoms with van der Waals surface area (Å²) in [6.07, 6.45) is 21.0. The van der Waals surface area contributed by atoms with E-state index in [-0.39, 0.29) is 0 Å². The molecule has 0 aliphatic heterocycles. The molecule has 0 fully saturated rings. The van der Waals surface area contributed by atoms with Gasteiger partial charge in [-0.05, 0) is 44.4 Å². The van der Waals surface area contributed by atoms with Gasteiger partial charge in [0.15, 0.2) is 0 Å². The molecule has 2 nitrogen and oxygen atoms in total. The Hall–Kier alpha value is -1.05. The minimum absolute atomic E-state index is 0.314. The van der Waals surface area contributed by atoms with Crippen LogP contribution in [-0.4, -0.2) is 11.1 Å². The van der Waals surface area contributed by atoms with Gasteiger partial charge >= 0.3 is 5.97 Å². The lowest BCUT2D eigenvalue weighted by molar-refractivity contribution is -0.137. The average molecular weight is 294 g/mol. The van der Waals surface area contributed by atoms with Crippen molar-refractivity contribution in [3.8, 4) is 0 Å². The summed E-state index contributed by atoms with van der Waals surface area (Å²) < 4.78 is 0. The second-order valence-corrected chi connectivity index (χ2v) is 6.00. The number of carboxylic acid groups (broad SMARTS) is 1. The van der Waals surface area contributed by atoms with Crippen LogP contribution in [0.3, 0.4) is 0 Å². The van der Waals surface area contributed by atoms with Crippen LogP contribution in [0.25, 0.3) is 0 Å². The summed E-state index contributed by atoms with van der Waals surface area (Å²) in [7, 11) is 0. The zero-order valence-corrected chi connectivity index (χ0v) is 14.0. The molecule has 21 heavy (non-hydrogen) atoms. The van der Waals surface area contributed by atoms with E-state index in [0.717, 1.165) is 25.7 Å². The van der Waals surface area contributed by atoms with Crippen LogP contribution in [0.15, 0.2) is 24.3 Å². The molecule has 0 aromatic rings. The molecule has 0 bridgehead atoms. The van der Waals surface area contributed by atoms with Gasteiger partial charge in [-0.3, -0.25) is 4.79 Å². The number of unbranched alkanes of at least 4 members (excludes halogenated alkanes) is 4. The highest BCUT2D eigenvalue weighted by atomic mass is 16.4. The van der Waals surface area contributed by atoms with Crippen molar-refractivity contribution in [1.29, 1.82) is 0 Å². The summed E-state index contributed by atoms with van der Waals surface area (Å²) in [6, 6.07) is 0. The smallest absolute Gasteiger partial charge is 0.303 e. The van der Waals surface area contributed by atoms with Crippen molar-refractivity contribution < 1.29 is 9.90 Å². The van der Waals surface area contributed by atoms with Gasteiger partial charge < -0.3 is 5.11 Å². The number of rotatable bonds is 14. The van der Waals surface area contributed by atoms with E-state index in [4.69, 9.17) is 5.11 Å². The molecule has 0 aliphatic rings. The fraction of sp³-hybridized carbons (Fsp3) is 0.737. The summed E-state index contributed by atoms with van der Waals surface area (Å²) in [4.78, 5) is 10.4. The van der Waals surface area contributed by atoms with Gasteiger partial charge in [0.1, 0.15) is 0 Å². The van der Waals surface area contributed by atoms with Crippen molar-refractivity contribution in [2.24, 2.45) is 5.92 Å². The minimum atomic E-state index is -0.673. The van der Waals surface area contributed by atoms with E-state index in [1.165, 1.54) is 38.5 Å². The first-order chi connectivity index (χ1) is 10.2. The van der Waals surface area contributed by atoms with E-state index in [0.29, 0.717) is 12.3 Å². The van der Waals surface area contributed by atoms with Crippen molar-refractivity contribution in [1.82, 2.24) is 0 Å².